The maximum atomic E-state index is 12.0. The van der Waals surface area contributed by atoms with E-state index in [-0.39, 0.29) is 6.54 Å². The monoisotopic (exact) mass is 325 g/mol. The second-order valence-corrected chi connectivity index (χ2v) is 6.90. The molecule has 1 atom stereocenters. The lowest BCUT2D eigenvalue weighted by Gasteiger charge is -2.28. The zero-order valence-corrected chi connectivity index (χ0v) is 13.9. The van der Waals surface area contributed by atoms with Gasteiger partial charge in [-0.1, -0.05) is 5.16 Å². The summed E-state index contributed by atoms with van der Waals surface area (Å²) in [6.45, 7) is 8.19. The molecule has 1 aromatic heterocycles. The fourth-order valence-electron chi connectivity index (χ4n) is 2.57. The number of aromatic nitrogens is 1. The number of carbonyl (C=O) groups is 2. The van der Waals surface area contributed by atoms with E-state index in [1.165, 1.54) is 0 Å². The van der Waals surface area contributed by atoms with Crippen molar-refractivity contribution in [2.45, 2.75) is 51.8 Å². The van der Waals surface area contributed by atoms with Gasteiger partial charge < -0.3 is 19.7 Å². The van der Waals surface area contributed by atoms with Crippen LogP contribution in [-0.4, -0.2) is 51.5 Å². The van der Waals surface area contributed by atoms with Crippen molar-refractivity contribution in [3.05, 3.63) is 17.5 Å². The summed E-state index contributed by atoms with van der Waals surface area (Å²) in [6, 6.07) is 1.81. The molecule has 2 rings (SSSR count). The van der Waals surface area contributed by atoms with Crippen molar-refractivity contribution in [3.8, 4) is 0 Å². The number of carboxylic acids is 1. The Kier molecular flexibility index (Phi) is 4.65. The second-order valence-electron chi connectivity index (χ2n) is 6.90. The molecule has 1 saturated heterocycles. The number of likely N-dealkylation sites (tertiary alicyclic amines) is 1. The Morgan fingerprint density at radius 3 is 2.74 bits per heavy atom. The molecule has 2 N–H and O–H groups in total. The van der Waals surface area contributed by atoms with Gasteiger partial charge in [0.05, 0.1) is 5.69 Å². The molecule has 128 valence electrons. The highest BCUT2D eigenvalue weighted by Gasteiger charge is 2.47. The number of alkyl carbamates (subject to hydrolysis) is 1. The van der Waals surface area contributed by atoms with Crippen LogP contribution in [0.4, 0.5) is 4.79 Å². The standard InChI is InChI=1S/C15H23N3O5/c1-10-7-11(17-23-10)8-18-6-5-15(9-18,12(19)20)16-13(21)22-14(2,3)4/h7H,5-6,8-9H2,1-4H3,(H,16,21)(H,19,20). The first-order valence-corrected chi connectivity index (χ1v) is 7.49. The number of aryl methyl sites for hydroxylation is 1. The van der Waals surface area contributed by atoms with Crippen molar-refractivity contribution in [3.63, 3.8) is 0 Å². The molecule has 1 aliphatic heterocycles. The number of carbonyl (C=O) groups excluding carboxylic acids is 1. The smallest absolute Gasteiger partial charge is 0.408 e. The number of nitrogens with one attached hydrogen (secondary N) is 1. The van der Waals surface area contributed by atoms with Crippen LogP contribution in [0.1, 0.15) is 38.6 Å². The number of aliphatic carboxylic acids is 1. The summed E-state index contributed by atoms with van der Waals surface area (Å²) >= 11 is 0. The van der Waals surface area contributed by atoms with Gasteiger partial charge in [-0.15, -0.1) is 0 Å². The molecule has 0 radical (unpaired) electrons. The van der Waals surface area contributed by atoms with Crippen molar-refractivity contribution < 1.29 is 24.0 Å². The SMILES string of the molecule is Cc1cc(CN2CCC(NC(=O)OC(C)(C)C)(C(=O)O)C2)no1. The van der Waals surface area contributed by atoms with E-state index in [2.05, 4.69) is 10.5 Å². The lowest BCUT2D eigenvalue weighted by Crippen LogP contribution is -2.57. The maximum Gasteiger partial charge on any atom is 0.408 e. The average molecular weight is 325 g/mol. The van der Waals surface area contributed by atoms with Crippen LogP contribution in [0, 0.1) is 6.92 Å². The summed E-state index contributed by atoms with van der Waals surface area (Å²) in [4.78, 5) is 25.6. The van der Waals surface area contributed by atoms with E-state index in [9.17, 15) is 14.7 Å². The molecule has 2 heterocycles. The highest BCUT2D eigenvalue weighted by molar-refractivity contribution is 5.85. The maximum absolute atomic E-state index is 12.0. The van der Waals surface area contributed by atoms with E-state index in [1.807, 2.05) is 11.0 Å². The van der Waals surface area contributed by atoms with Gasteiger partial charge in [0.15, 0.2) is 5.54 Å². The second kappa shape index (κ2) is 6.19. The third-order valence-corrected chi connectivity index (χ3v) is 3.56. The molecular weight excluding hydrogens is 302 g/mol. The number of amides is 1. The van der Waals surface area contributed by atoms with Crippen LogP contribution in [0.2, 0.25) is 0 Å². The fourth-order valence-corrected chi connectivity index (χ4v) is 2.57. The van der Waals surface area contributed by atoms with Crippen LogP contribution in [0.5, 0.6) is 0 Å². The zero-order chi connectivity index (χ0) is 17.3. The van der Waals surface area contributed by atoms with Crippen LogP contribution in [0.15, 0.2) is 10.6 Å². The van der Waals surface area contributed by atoms with Gasteiger partial charge in [0.25, 0.3) is 0 Å². The molecule has 0 spiro atoms. The summed E-state index contributed by atoms with van der Waals surface area (Å²) in [6.07, 6.45) is -0.419. The summed E-state index contributed by atoms with van der Waals surface area (Å²) in [7, 11) is 0. The van der Waals surface area contributed by atoms with Gasteiger partial charge in [0.2, 0.25) is 0 Å². The van der Waals surface area contributed by atoms with Crippen LogP contribution >= 0.6 is 0 Å². The van der Waals surface area contributed by atoms with Crippen LogP contribution in [0.25, 0.3) is 0 Å². The Morgan fingerprint density at radius 1 is 1.52 bits per heavy atom. The molecule has 1 aliphatic rings. The quantitative estimate of drug-likeness (QED) is 0.865. The van der Waals surface area contributed by atoms with Gasteiger partial charge in [-0.3, -0.25) is 4.90 Å². The Balaban J connectivity index is 2.02. The van der Waals surface area contributed by atoms with E-state index in [4.69, 9.17) is 9.26 Å². The Morgan fingerprint density at radius 2 is 2.22 bits per heavy atom. The molecule has 1 fully saturated rings. The Hall–Kier alpha value is -2.09. The number of hydrogen-bond donors (Lipinski definition) is 2. The lowest BCUT2D eigenvalue weighted by atomic mass is 9.99. The lowest BCUT2D eigenvalue weighted by molar-refractivity contribution is -0.144. The van der Waals surface area contributed by atoms with Gasteiger partial charge in [-0.2, -0.15) is 0 Å². The third-order valence-electron chi connectivity index (χ3n) is 3.56. The number of rotatable bonds is 4. The molecule has 8 nitrogen and oxygen atoms in total. The van der Waals surface area contributed by atoms with Gasteiger partial charge in [0, 0.05) is 25.7 Å². The molecule has 1 amide bonds. The minimum Gasteiger partial charge on any atom is -0.479 e. The highest BCUT2D eigenvalue weighted by Crippen LogP contribution is 2.24. The first-order valence-electron chi connectivity index (χ1n) is 7.49. The Bertz CT molecular complexity index is 592. The third kappa shape index (κ3) is 4.44. The molecule has 0 aromatic carbocycles. The molecule has 1 unspecified atom stereocenters. The van der Waals surface area contributed by atoms with E-state index < -0.39 is 23.2 Å². The van der Waals surface area contributed by atoms with E-state index >= 15 is 0 Å². The predicted octanol–water partition coefficient (Wildman–Crippen LogP) is 1.54. The zero-order valence-electron chi connectivity index (χ0n) is 13.9. The number of carboxylic acid groups (broad SMARTS) is 1. The normalized spacial score (nSPS) is 22.1. The minimum absolute atomic E-state index is 0.188. The topological polar surface area (TPSA) is 105 Å². The molecule has 8 heteroatoms. The first kappa shape index (κ1) is 17.3. The summed E-state index contributed by atoms with van der Waals surface area (Å²) in [5.41, 5.74) is -1.29. The van der Waals surface area contributed by atoms with Crippen molar-refractivity contribution in [1.82, 2.24) is 15.4 Å². The van der Waals surface area contributed by atoms with Gasteiger partial charge >= 0.3 is 12.1 Å². The van der Waals surface area contributed by atoms with E-state index in [0.29, 0.717) is 25.3 Å². The molecule has 0 saturated carbocycles. The molecule has 0 bridgehead atoms. The summed E-state index contributed by atoms with van der Waals surface area (Å²) < 4.78 is 10.2. The minimum atomic E-state index is -1.35. The van der Waals surface area contributed by atoms with Crippen molar-refractivity contribution in [2.24, 2.45) is 0 Å². The average Bonchev–Trinajstić information content (AvgIpc) is 2.95. The van der Waals surface area contributed by atoms with E-state index in [0.717, 1.165) is 5.69 Å². The van der Waals surface area contributed by atoms with Crippen LogP contribution in [-0.2, 0) is 16.1 Å². The number of ether oxygens (including phenoxy) is 1. The highest BCUT2D eigenvalue weighted by atomic mass is 16.6. The summed E-state index contributed by atoms with van der Waals surface area (Å²) in [5.74, 6) is -0.363. The van der Waals surface area contributed by atoms with Crippen molar-refractivity contribution in [1.29, 1.82) is 0 Å². The van der Waals surface area contributed by atoms with Gasteiger partial charge in [0.1, 0.15) is 11.4 Å². The molecule has 0 aliphatic carbocycles. The van der Waals surface area contributed by atoms with Gasteiger partial charge in [-0.25, -0.2) is 9.59 Å². The largest absolute Gasteiger partial charge is 0.479 e. The van der Waals surface area contributed by atoms with Crippen LogP contribution in [0.3, 0.4) is 0 Å². The molecule has 1 aromatic rings. The van der Waals surface area contributed by atoms with Crippen molar-refractivity contribution >= 4 is 12.1 Å². The summed E-state index contributed by atoms with van der Waals surface area (Å²) in [5, 5.41) is 16.0. The predicted molar refractivity (Wildman–Crippen MR) is 80.9 cm³/mol. The fraction of sp³-hybridized carbons (Fsp3) is 0.667. The molecular formula is C15H23N3O5. The van der Waals surface area contributed by atoms with Gasteiger partial charge in [-0.05, 0) is 34.1 Å². The first-order chi connectivity index (χ1) is 10.6. The molecule has 23 heavy (non-hydrogen) atoms. The Labute approximate surface area is 134 Å². The number of nitrogens with zero attached hydrogens (tertiary/aromatic N) is 2. The van der Waals surface area contributed by atoms with Crippen LogP contribution < -0.4 is 5.32 Å². The van der Waals surface area contributed by atoms with Crippen molar-refractivity contribution in [2.75, 3.05) is 13.1 Å². The number of hydrogen-bond acceptors (Lipinski definition) is 6. The van der Waals surface area contributed by atoms with E-state index in [1.54, 1.807) is 27.7 Å².